The van der Waals surface area contributed by atoms with Gasteiger partial charge in [0, 0.05) is 10.8 Å². The first-order chi connectivity index (χ1) is 16.2. The maximum Gasteiger partial charge on any atom is 0.347 e. The van der Waals surface area contributed by atoms with Crippen LogP contribution in [0.3, 0.4) is 0 Å². The van der Waals surface area contributed by atoms with Crippen molar-refractivity contribution in [2.75, 3.05) is 6.79 Å². The van der Waals surface area contributed by atoms with E-state index in [1.54, 1.807) is 36.1 Å². The van der Waals surface area contributed by atoms with Gasteiger partial charge in [0.05, 0.1) is 6.42 Å². The second kappa shape index (κ2) is 10.9. The van der Waals surface area contributed by atoms with E-state index in [4.69, 9.17) is 9.47 Å². The number of halogens is 1. The van der Waals surface area contributed by atoms with Crippen molar-refractivity contribution in [2.45, 2.75) is 42.5 Å². The molecule has 9 nitrogen and oxygen atoms in total. The number of nitrogens with one attached hydrogen (secondary N) is 1. The summed E-state index contributed by atoms with van der Waals surface area (Å²) in [5.41, 5.74) is 1.17. The van der Waals surface area contributed by atoms with Crippen molar-refractivity contribution in [1.29, 1.82) is 0 Å². The summed E-state index contributed by atoms with van der Waals surface area (Å²) in [6.07, 6.45) is 3.53. The Morgan fingerprint density at radius 1 is 1.11 bits per heavy atom. The molecule has 0 saturated carbocycles. The largest absolute Gasteiger partial charge is 1.00 e. The van der Waals surface area contributed by atoms with E-state index in [1.165, 1.54) is 16.7 Å². The Morgan fingerprint density at radius 2 is 1.83 bits per heavy atom. The number of carbonyl (C=O) groups is 4. The number of fused-ring (bicyclic) bond motifs is 1. The summed E-state index contributed by atoms with van der Waals surface area (Å²) < 4.78 is 11.3. The molecule has 0 bridgehead atoms. The molecule has 2 aliphatic rings. The topological polar surface area (TPSA) is 106 Å². The predicted octanol–water partition coefficient (Wildman–Crippen LogP) is -2.04. The Morgan fingerprint density at radius 3 is 2.51 bits per heavy atom. The van der Waals surface area contributed by atoms with Gasteiger partial charge < -0.3 is 43.7 Å². The summed E-state index contributed by atoms with van der Waals surface area (Å²) in [4.78, 5) is 51.7. The average Bonchev–Trinajstić information content (AvgIpc) is 3.05. The fourth-order valence-corrected chi connectivity index (χ4v) is 5.76. The monoisotopic (exact) mass is 611 g/mol. The lowest BCUT2D eigenvalue weighted by Crippen LogP contribution is -3.00. The van der Waals surface area contributed by atoms with Crippen LogP contribution < -0.4 is 33.9 Å². The molecule has 2 aliphatic heterocycles. The maximum atomic E-state index is 12.8. The number of thioether (sulfide) groups is 1. The molecule has 1 aromatic carbocycles. The first kappa shape index (κ1) is 26.9. The minimum Gasteiger partial charge on any atom is -1.00 e. The fourth-order valence-electron chi connectivity index (χ4n) is 4.14. The van der Waals surface area contributed by atoms with Crippen molar-refractivity contribution in [3.05, 3.63) is 66.0 Å². The molecule has 3 unspecified atom stereocenters. The number of β-lactam (4-membered cyclic amide) rings is 1. The van der Waals surface area contributed by atoms with Crippen LogP contribution in [0.2, 0.25) is 0 Å². The van der Waals surface area contributed by atoms with Gasteiger partial charge in [-0.1, -0.05) is 30.3 Å². The van der Waals surface area contributed by atoms with Crippen LogP contribution in [-0.2, 0) is 37.3 Å². The van der Waals surface area contributed by atoms with Crippen LogP contribution in [0, 0.1) is 0 Å². The quantitative estimate of drug-likeness (QED) is 0.127. The average molecular weight is 611 g/mol. The molecule has 35 heavy (non-hydrogen) atoms. The second-order valence-corrected chi connectivity index (χ2v) is 10.5. The molecular weight excluding hydrogens is 585 g/mol. The highest BCUT2D eigenvalue weighted by Crippen LogP contribution is 2.51. The first-order valence-electron chi connectivity index (χ1n) is 10.8. The number of nitrogens with zero attached hydrogens (tertiary/aromatic N) is 2. The van der Waals surface area contributed by atoms with Crippen LogP contribution in [0.1, 0.15) is 29.8 Å². The Labute approximate surface area is 224 Å². The predicted molar refractivity (Wildman–Crippen MR) is 122 cm³/mol. The van der Waals surface area contributed by atoms with Crippen LogP contribution in [0.4, 0.5) is 0 Å². The highest BCUT2D eigenvalue weighted by Gasteiger charge is 2.64. The molecule has 3 heterocycles. The fraction of sp³-hybridized carbons (Fsp3) is 0.375. The molecule has 2 amide bonds. The van der Waals surface area contributed by atoms with Gasteiger partial charge in [-0.05, 0) is 25.5 Å². The Balaban J connectivity index is 0.00000342. The van der Waals surface area contributed by atoms with E-state index in [0.717, 1.165) is 5.56 Å². The molecule has 2 aromatic rings. The van der Waals surface area contributed by atoms with Crippen LogP contribution >= 0.6 is 11.8 Å². The van der Waals surface area contributed by atoms with E-state index in [2.05, 4.69) is 5.32 Å². The molecule has 3 atom stereocenters. The molecule has 1 aromatic heterocycles. The summed E-state index contributed by atoms with van der Waals surface area (Å²) in [5.74, 6) is -1.87. The lowest BCUT2D eigenvalue weighted by molar-refractivity contribution is -0.671. The summed E-state index contributed by atoms with van der Waals surface area (Å²) >= 11 is 1.43. The number of hydrogen-bond donors (Lipinski definition) is 1. The van der Waals surface area contributed by atoms with Crippen molar-refractivity contribution >= 4 is 35.5 Å². The number of pyridine rings is 1. The van der Waals surface area contributed by atoms with E-state index in [-0.39, 0.29) is 47.6 Å². The SMILES string of the molecule is C[n+]1cccc(C(=O)OCOC(=O)C2N3C(=O)C(NC(=O)Cc4ccccc4)C3SC2(C)C)c1.[I-]. The zero-order valence-electron chi connectivity index (χ0n) is 19.5. The number of benzene rings is 1. The number of amides is 2. The van der Waals surface area contributed by atoms with Crippen LogP contribution in [-0.4, -0.2) is 57.7 Å². The molecule has 11 heteroatoms. The van der Waals surface area contributed by atoms with Gasteiger partial charge in [0.25, 0.3) is 0 Å². The normalized spacial score (nSPS) is 21.7. The first-order valence-corrected chi connectivity index (χ1v) is 11.7. The van der Waals surface area contributed by atoms with Crippen molar-refractivity contribution < 1.29 is 57.2 Å². The third-order valence-corrected chi connectivity index (χ3v) is 7.33. The smallest absolute Gasteiger partial charge is 0.347 e. The minimum atomic E-state index is -0.856. The number of aryl methyl sites for hydroxylation is 1. The van der Waals surface area contributed by atoms with E-state index >= 15 is 0 Å². The molecule has 0 spiro atoms. The van der Waals surface area contributed by atoms with Crippen molar-refractivity contribution in [1.82, 2.24) is 10.2 Å². The van der Waals surface area contributed by atoms with E-state index in [0.29, 0.717) is 5.56 Å². The summed E-state index contributed by atoms with van der Waals surface area (Å²) in [5, 5.41) is 2.42. The van der Waals surface area contributed by atoms with Crippen molar-refractivity contribution in [2.24, 2.45) is 7.05 Å². The van der Waals surface area contributed by atoms with Crippen molar-refractivity contribution in [3.8, 4) is 0 Å². The molecule has 2 fully saturated rings. The van der Waals surface area contributed by atoms with Gasteiger partial charge in [0.15, 0.2) is 12.4 Å². The Kier molecular flexibility index (Phi) is 8.42. The molecule has 1 N–H and O–H groups in total. The zero-order valence-corrected chi connectivity index (χ0v) is 22.4. The standard InChI is InChI=1S/C24H25N3O6S.HI/c1-24(2)19(23(31)33-14-32-22(30)16-10-7-11-26(3)13-16)27-20(29)18(21(27)34-24)25-17(28)12-15-8-5-4-6-9-15;/h4-11,13,18-19,21H,12,14H2,1-3H3;1H. The van der Waals surface area contributed by atoms with Gasteiger partial charge in [-0.2, -0.15) is 0 Å². The number of carbonyl (C=O) groups excluding carboxylic acids is 4. The molecule has 4 rings (SSSR count). The highest BCUT2D eigenvalue weighted by atomic mass is 127. The van der Waals surface area contributed by atoms with Gasteiger partial charge in [-0.3, -0.25) is 9.59 Å². The van der Waals surface area contributed by atoms with Crippen LogP contribution in [0.5, 0.6) is 0 Å². The van der Waals surface area contributed by atoms with Gasteiger partial charge in [-0.25, -0.2) is 14.2 Å². The summed E-state index contributed by atoms with van der Waals surface area (Å²) in [6.45, 7) is 3.12. The number of hydrogen-bond acceptors (Lipinski definition) is 7. The van der Waals surface area contributed by atoms with E-state index < -0.39 is 35.6 Å². The molecule has 186 valence electrons. The Bertz CT molecular complexity index is 1130. The van der Waals surface area contributed by atoms with Crippen LogP contribution in [0.15, 0.2) is 54.9 Å². The summed E-state index contributed by atoms with van der Waals surface area (Å²) in [6, 6.07) is 11.0. The number of rotatable bonds is 7. The molecule has 0 aliphatic carbocycles. The number of ether oxygens (including phenoxy) is 2. The van der Waals surface area contributed by atoms with Crippen molar-refractivity contribution in [3.63, 3.8) is 0 Å². The minimum absolute atomic E-state index is 0. The summed E-state index contributed by atoms with van der Waals surface area (Å²) in [7, 11) is 1.77. The highest BCUT2D eigenvalue weighted by molar-refractivity contribution is 8.01. The third-order valence-electron chi connectivity index (χ3n) is 5.75. The zero-order chi connectivity index (χ0) is 24.5. The van der Waals surface area contributed by atoms with Gasteiger partial charge in [0.1, 0.15) is 30.1 Å². The van der Waals surface area contributed by atoms with E-state index in [9.17, 15) is 19.2 Å². The second-order valence-electron chi connectivity index (χ2n) is 8.74. The van der Waals surface area contributed by atoms with Gasteiger partial charge in [-0.15, -0.1) is 11.8 Å². The third kappa shape index (κ3) is 5.77. The lowest BCUT2D eigenvalue weighted by atomic mass is 9.96. The molecule has 2 saturated heterocycles. The number of esters is 2. The Hall–Kier alpha value is -2.67. The van der Waals surface area contributed by atoms with Gasteiger partial charge >= 0.3 is 11.9 Å². The van der Waals surface area contributed by atoms with Crippen LogP contribution in [0.25, 0.3) is 0 Å². The molecule has 0 radical (unpaired) electrons. The maximum absolute atomic E-state index is 12.8. The van der Waals surface area contributed by atoms with Gasteiger partial charge in [0.2, 0.25) is 18.6 Å². The molecular formula is C24H26IN3O6S. The lowest BCUT2D eigenvalue weighted by Gasteiger charge is -2.43. The number of aromatic nitrogens is 1. The van der Waals surface area contributed by atoms with E-state index in [1.807, 2.05) is 44.2 Å².